The molecule has 1 atom stereocenters. The predicted octanol–water partition coefficient (Wildman–Crippen LogP) is 1.25. The van der Waals surface area contributed by atoms with Crippen LogP contribution in [0.25, 0.3) is 0 Å². The molecule has 0 saturated carbocycles. The molecular formula is C15H21N3O3S. The average molecular weight is 323 g/mol. The molecule has 3 heterocycles. The summed E-state index contributed by atoms with van der Waals surface area (Å²) in [5.41, 5.74) is -0.255. The minimum absolute atomic E-state index is 0.0356. The first-order valence-electron chi connectivity index (χ1n) is 7.65. The number of aromatic nitrogens is 1. The lowest BCUT2D eigenvalue weighted by molar-refractivity contribution is -0.117. The van der Waals surface area contributed by atoms with Crippen molar-refractivity contribution in [1.82, 2.24) is 9.29 Å². The van der Waals surface area contributed by atoms with Crippen LogP contribution in [0.2, 0.25) is 0 Å². The van der Waals surface area contributed by atoms with Gasteiger partial charge in [0, 0.05) is 37.7 Å². The summed E-state index contributed by atoms with van der Waals surface area (Å²) in [6.45, 7) is 3.39. The highest BCUT2D eigenvalue weighted by molar-refractivity contribution is 7.89. The third-order valence-electron chi connectivity index (χ3n) is 4.51. The van der Waals surface area contributed by atoms with Gasteiger partial charge in [0.15, 0.2) is 0 Å². The third kappa shape index (κ3) is 2.75. The summed E-state index contributed by atoms with van der Waals surface area (Å²) < 4.78 is 26.0. The smallest absolute Gasteiger partial charge is 0.228 e. The Kier molecular flexibility index (Phi) is 3.94. The Bertz CT molecular complexity index is 662. The molecule has 2 aliphatic heterocycles. The summed E-state index contributed by atoms with van der Waals surface area (Å²) in [5, 5.41) is 0. The van der Waals surface area contributed by atoms with Gasteiger partial charge in [0.25, 0.3) is 0 Å². The Morgan fingerprint density at radius 2 is 2.14 bits per heavy atom. The summed E-state index contributed by atoms with van der Waals surface area (Å²) in [4.78, 5) is 18.3. The molecule has 0 aliphatic carbocycles. The molecule has 1 aromatic rings. The van der Waals surface area contributed by atoms with Crippen LogP contribution in [0.4, 0.5) is 5.82 Å². The molecule has 1 aromatic heterocycles. The number of carbonyl (C=O) groups excluding carboxylic acids is 1. The van der Waals surface area contributed by atoms with Gasteiger partial charge in [0.05, 0.1) is 5.75 Å². The van der Waals surface area contributed by atoms with E-state index in [1.807, 2.05) is 25.1 Å². The zero-order valence-corrected chi connectivity index (χ0v) is 13.6. The number of hydrogen-bond acceptors (Lipinski definition) is 4. The van der Waals surface area contributed by atoms with Gasteiger partial charge in [-0.05, 0) is 25.0 Å². The molecule has 3 rings (SSSR count). The van der Waals surface area contributed by atoms with Gasteiger partial charge >= 0.3 is 0 Å². The highest BCUT2D eigenvalue weighted by Crippen LogP contribution is 2.42. The molecule has 0 N–H and O–H groups in total. The molecule has 120 valence electrons. The lowest BCUT2D eigenvalue weighted by Crippen LogP contribution is -2.35. The van der Waals surface area contributed by atoms with Gasteiger partial charge in [-0.2, -0.15) is 0 Å². The molecule has 22 heavy (non-hydrogen) atoms. The molecule has 6 nitrogen and oxygen atoms in total. The lowest BCUT2D eigenvalue weighted by Gasteiger charge is -2.23. The Labute approximate surface area is 131 Å². The Hall–Kier alpha value is -1.47. The molecule has 2 saturated heterocycles. The van der Waals surface area contributed by atoms with Crippen molar-refractivity contribution in [2.45, 2.75) is 26.2 Å². The number of amides is 1. The van der Waals surface area contributed by atoms with Gasteiger partial charge in [0.1, 0.15) is 5.82 Å². The molecule has 0 bridgehead atoms. The van der Waals surface area contributed by atoms with Crippen molar-refractivity contribution >= 4 is 21.7 Å². The summed E-state index contributed by atoms with van der Waals surface area (Å²) in [7, 11) is -3.19. The molecule has 1 spiro atoms. The normalized spacial score (nSPS) is 26.2. The van der Waals surface area contributed by atoms with E-state index in [1.165, 1.54) is 0 Å². The number of hydrogen-bond donors (Lipinski definition) is 0. The third-order valence-corrected chi connectivity index (χ3v) is 6.53. The van der Waals surface area contributed by atoms with Crippen LogP contribution in [0.3, 0.4) is 0 Å². The summed E-state index contributed by atoms with van der Waals surface area (Å²) >= 11 is 0. The fourth-order valence-electron chi connectivity index (χ4n) is 3.41. The van der Waals surface area contributed by atoms with E-state index in [0.717, 1.165) is 6.42 Å². The molecule has 2 fully saturated rings. The Morgan fingerprint density at radius 3 is 2.82 bits per heavy atom. The highest BCUT2D eigenvalue weighted by Gasteiger charge is 2.50. The monoisotopic (exact) mass is 323 g/mol. The molecule has 0 aromatic carbocycles. The summed E-state index contributed by atoms with van der Waals surface area (Å²) in [6, 6.07) is 5.49. The van der Waals surface area contributed by atoms with E-state index in [0.29, 0.717) is 38.3 Å². The lowest BCUT2D eigenvalue weighted by atomic mass is 9.86. The summed E-state index contributed by atoms with van der Waals surface area (Å²) in [5.74, 6) is 0.869. The van der Waals surface area contributed by atoms with Gasteiger partial charge in [-0.1, -0.05) is 13.0 Å². The van der Waals surface area contributed by atoms with Crippen LogP contribution in [0.15, 0.2) is 24.4 Å². The molecule has 1 amide bonds. The zero-order valence-electron chi connectivity index (χ0n) is 12.7. The van der Waals surface area contributed by atoms with Crippen molar-refractivity contribution in [2.24, 2.45) is 5.41 Å². The predicted molar refractivity (Wildman–Crippen MR) is 83.9 cm³/mol. The number of sulfonamides is 1. The second-order valence-corrected chi connectivity index (χ2v) is 8.33. The Balaban J connectivity index is 1.76. The van der Waals surface area contributed by atoms with Crippen LogP contribution < -0.4 is 4.90 Å². The largest absolute Gasteiger partial charge is 0.296 e. The van der Waals surface area contributed by atoms with Crippen molar-refractivity contribution in [1.29, 1.82) is 0 Å². The number of rotatable bonds is 4. The maximum atomic E-state index is 12.3. The van der Waals surface area contributed by atoms with E-state index in [1.54, 1.807) is 15.4 Å². The first-order valence-corrected chi connectivity index (χ1v) is 9.26. The average Bonchev–Trinajstić information content (AvgIpc) is 3.04. The topological polar surface area (TPSA) is 70.6 Å². The molecule has 0 radical (unpaired) electrons. The van der Waals surface area contributed by atoms with E-state index < -0.39 is 10.0 Å². The number of carbonyl (C=O) groups is 1. The van der Waals surface area contributed by atoms with Crippen molar-refractivity contribution in [3.63, 3.8) is 0 Å². The first-order chi connectivity index (χ1) is 10.5. The van der Waals surface area contributed by atoms with E-state index in [9.17, 15) is 13.2 Å². The first kappa shape index (κ1) is 15.4. The van der Waals surface area contributed by atoms with Crippen molar-refractivity contribution in [3.8, 4) is 0 Å². The van der Waals surface area contributed by atoms with Gasteiger partial charge in [-0.15, -0.1) is 0 Å². The SMILES string of the molecule is CCCS(=O)(=O)N1CC[C@]2(CC(=O)N(c3ccccn3)C2)C1. The van der Waals surface area contributed by atoms with E-state index in [4.69, 9.17) is 0 Å². The van der Waals surface area contributed by atoms with Crippen LogP contribution in [0.5, 0.6) is 0 Å². The van der Waals surface area contributed by atoms with E-state index >= 15 is 0 Å². The van der Waals surface area contributed by atoms with E-state index in [-0.39, 0.29) is 17.1 Å². The van der Waals surface area contributed by atoms with Crippen LogP contribution in [0, 0.1) is 5.41 Å². The number of nitrogens with zero attached hydrogens (tertiary/aromatic N) is 3. The number of anilines is 1. The van der Waals surface area contributed by atoms with Crippen LogP contribution in [0.1, 0.15) is 26.2 Å². The molecule has 7 heteroatoms. The molecule has 2 aliphatic rings. The van der Waals surface area contributed by atoms with Gasteiger partial charge in [-0.3, -0.25) is 9.69 Å². The zero-order chi connectivity index (χ0) is 15.8. The fraction of sp³-hybridized carbons (Fsp3) is 0.600. The number of pyridine rings is 1. The van der Waals surface area contributed by atoms with Gasteiger partial charge < -0.3 is 0 Å². The fourth-order valence-corrected chi connectivity index (χ4v) is 5.02. The van der Waals surface area contributed by atoms with Gasteiger partial charge in [-0.25, -0.2) is 17.7 Å². The van der Waals surface area contributed by atoms with Crippen LogP contribution in [-0.2, 0) is 14.8 Å². The standard InChI is InChI=1S/C15H21N3O3S/c1-2-9-22(20,21)17-8-6-15(11-17)10-14(19)18(12-15)13-5-3-4-7-16-13/h3-5,7H,2,6,8-12H2,1H3/t15-/m0/s1. The van der Waals surface area contributed by atoms with Crippen molar-refractivity contribution in [3.05, 3.63) is 24.4 Å². The molecule has 0 unspecified atom stereocenters. The second-order valence-electron chi connectivity index (χ2n) is 6.24. The van der Waals surface area contributed by atoms with Crippen LogP contribution in [-0.4, -0.2) is 49.0 Å². The second kappa shape index (κ2) is 5.62. The minimum Gasteiger partial charge on any atom is -0.296 e. The Morgan fingerprint density at radius 1 is 1.32 bits per heavy atom. The van der Waals surface area contributed by atoms with Gasteiger partial charge in [0.2, 0.25) is 15.9 Å². The van der Waals surface area contributed by atoms with E-state index in [2.05, 4.69) is 4.98 Å². The summed E-state index contributed by atoms with van der Waals surface area (Å²) in [6.07, 6.45) is 3.43. The maximum absolute atomic E-state index is 12.3. The maximum Gasteiger partial charge on any atom is 0.228 e. The van der Waals surface area contributed by atoms with Crippen LogP contribution >= 0.6 is 0 Å². The van der Waals surface area contributed by atoms with Crippen molar-refractivity contribution < 1.29 is 13.2 Å². The van der Waals surface area contributed by atoms with Crippen molar-refractivity contribution in [2.75, 3.05) is 30.3 Å². The quantitative estimate of drug-likeness (QED) is 0.836. The minimum atomic E-state index is -3.19. The highest BCUT2D eigenvalue weighted by atomic mass is 32.2. The molecular weight excluding hydrogens is 302 g/mol.